The first-order chi connectivity index (χ1) is 12.0. The van der Waals surface area contributed by atoms with E-state index in [0.717, 1.165) is 27.5 Å². The number of benzene rings is 2. The Morgan fingerprint density at radius 2 is 2.00 bits per heavy atom. The van der Waals surface area contributed by atoms with Crippen LogP contribution in [0.5, 0.6) is 5.75 Å². The molecule has 1 atom stereocenters. The average Bonchev–Trinajstić information content (AvgIpc) is 2.57. The van der Waals surface area contributed by atoms with Crippen LogP contribution in [0.3, 0.4) is 0 Å². The topological polar surface area (TPSA) is 66.6 Å². The number of nitrogens with one attached hydrogen (secondary N) is 2. The molecule has 0 saturated heterocycles. The number of carbonyl (C=O) groups is 1. The third kappa shape index (κ3) is 5.79. The third-order valence-corrected chi connectivity index (χ3v) is 3.95. The van der Waals surface area contributed by atoms with Gasteiger partial charge in [0.05, 0.1) is 26.6 Å². The summed E-state index contributed by atoms with van der Waals surface area (Å²) in [6.07, 6.45) is 0.364. The Kier molecular flexibility index (Phi) is 6.81. The number of rotatable bonds is 7. The van der Waals surface area contributed by atoms with Crippen LogP contribution in [0.25, 0.3) is 0 Å². The Balaban J connectivity index is 1.92. The average molecular weight is 359 g/mol. The van der Waals surface area contributed by atoms with E-state index in [2.05, 4.69) is 11.4 Å². The zero-order chi connectivity index (χ0) is 18.2. The van der Waals surface area contributed by atoms with Crippen LogP contribution in [-0.4, -0.2) is 26.6 Å². The van der Waals surface area contributed by atoms with Crippen LogP contribution in [-0.2, 0) is 17.8 Å². The molecule has 0 aliphatic carbocycles. The van der Waals surface area contributed by atoms with Crippen LogP contribution in [0.4, 0.5) is 5.69 Å². The molecule has 0 bridgehead atoms. The molecule has 6 heteroatoms. The maximum absolute atomic E-state index is 12.2. The van der Waals surface area contributed by atoms with Gasteiger partial charge in [0.25, 0.3) is 5.91 Å². The number of hydrogen-bond acceptors (Lipinski definition) is 3. The molecule has 0 radical (unpaired) electrons. The van der Waals surface area contributed by atoms with Crippen LogP contribution in [0.2, 0.25) is 5.02 Å². The number of ether oxygens (including phenoxy) is 1. The van der Waals surface area contributed by atoms with Gasteiger partial charge in [-0.05, 0) is 35.9 Å². The van der Waals surface area contributed by atoms with Gasteiger partial charge >= 0.3 is 0 Å². The maximum atomic E-state index is 12.2. The van der Waals surface area contributed by atoms with Gasteiger partial charge in [0.2, 0.25) is 0 Å². The van der Waals surface area contributed by atoms with Crippen LogP contribution < -0.4 is 15.0 Å². The number of quaternary nitrogens is 1. The van der Waals surface area contributed by atoms with Gasteiger partial charge in [-0.1, -0.05) is 23.7 Å². The van der Waals surface area contributed by atoms with Gasteiger partial charge in [-0.2, -0.15) is 5.26 Å². The van der Waals surface area contributed by atoms with E-state index in [0.29, 0.717) is 24.5 Å². The van der Waals surface area contributed by atoms with Crippen molar-refractivity contribution in [1.82, 2.24) is 0 Å². The molecule has 2 N–H and O–H groups in total. The number of methoxy groups -OCH3 is 1. The Morgan fingerprint density at radius 3 is 2.64 bits per heavy atom. The highest BCUT2D eigenvalue weighted by atomic mass is 35.5. The minimum Gasteiger partial charge on any atom is -0.496 e. The second-order valence-electron chi connectivity index (χ2n) is 5.85. The molecule has 25 heavy (non-hydrogen) atoms. The highest BCUT2D eigenvalue weighted by Crippen LogP contribution is 2.21. The summed E-state index contributed by atoms with van der Waals surface area (Å²) < 4.78 is 5.34. The number of anilines is 1. The molecule has 0 saturated carbocycles. The lowest BCUT2D eigenvalue weighted by molar-refractivity contribution is -0.885. The van der Waals surface area contributed by atoms with Crippen molar-refractivity contribution in [3.8, 4) is 11.8 Å². The van der Waals surface area contributed by atoms with Crippen LogP contribution >= 0.6 is 11.6 Å². The fourth-order valence-corrected chi connectivity index (χ4v) is 2.74. The van der Waals surface area contributed by atoms with Crippen molar-refractivity contribution in [3.63, 3.8) is 0 Å². The zero-order valence-corrected chi connectivity index (χ0v) is 15.1. The molecule has 130 valence electrons. The van der Waals surface area contributed by atoms with Gasteiger partial charge in [-0.3, -0.25) is 4.79 Å². The smallest absolute Gasteiger partial charge is 0.279 e. The molecule has 1 unspecified atom stereocenters. The van der Waals surface area contributed by atoms with Gasteiger partial charge in [-0.25, -0.2) is 0 Å². The first-order valence-electron chi connectivity index (χ1n) is 7.91. The predicted molar refractivity (Wildman–Crippen MR) is 97.9 cm³/mol. The van der Waals surface area contributed by atoms with Crippen molar-refractivity contribution in [3.05, 3.63) is 58.6 Å². The van der Waals surface area contributed by atoms with Gasteiger partial charge < -0.3 is 15.0 Å². The first kappa shape index (κ1) is 18.8. The van der Waals surface area contributed by atoms with E-state index < -0.39 is 0 Å². The van der Waals surface area contributed by atoms with E-state index in [-0.39, 0.29) is 5.91 Å². The number of hydrogen-bond donors (Lipinski definition) is 2. The van der Waals surface area contributed by atoms with Gasteiger partial charge in [0, 0.05) is 16.3 Å². The summed E-state index contributed by atoms with van der Waals surface area (Å²) in [7, 11) is 3.56. The minimum atomic E-state index is -0.0773. The van der Waals surface area contributed by atoms with Crippen molar-refractivity contribution in [1.29, 1.82) is 5.26 Å². The molecular formula is C19H21ClN3O2+. The molecule has 0 aromatic heterocycles. The molecule has 2 aromatic carbocycles. The maximum Gasteiger partial charge on any atom is 0.279 e. The summed E-state index contributed by atoms with van der Waals surface area (Å²) in [4.78, 5) is 13.2. The summed E-state index contributed by atoms with van der Waals surface area (Å²) in [5.74, 6) is 0.684. The first-order valence-corrected chi connectivity index (χ1v) is 8.29. The monoisotopic (exact) mass is 358 g/mol. The lowest BCUT2D eigenvalue weighted by Gasteiger charge is -2.16. The van der Waals surface area contributed by atoms with E-state index in [4.69, 9.17) is 21.6 Å². The fraction of sp³-hybridized carbons (Fsp3) is 0.263. The van der Waals surface area contributed by atoms with E-state index in [1.165, 1.54) is 0 Å². The van der Waals surface area contributed by atoms with Crippen LogP contribution in [0, 0.1) is 11.3 Å². The Labute approximate surface area is 152 Å². The van der Waals surface area contributed by atoms with Crippen molar-refractivity contribution in [2.45, 2.75) is 13.0 Å². The molecule has 2 aromatic rings. The standard InChI is InChI=1S/C19H20ClN3O2/c1-23(12-15-11-16(20)5-8-18(15)25-2)13-19(24)22-17-6-3-14(4-7-17)9-10-21/h3-8,11H,9,12-13H2,1-2H3,(H,22,24)/p+1. The molecule has 0 fully saturated rings. The Hall–Kier alpha value is -2.55. The molecule has 0 aliphatic heterocycles. The predicted octanol–water partition coefficient (Wildman–Crippen LogP) is 2.07. The highest BCUT2D eigenvalue weighted by molar-refractivity contribution is 6.30. The largest absolute Gasteiger partial charge is 0.496 e. The normalized spacial score (nSPS) is 11.4. The zero-order valence-electron chi connectivity index (χ0n) is 14.3. The number of likely N-dealkylation sites (N-methyl/N-ethyl adjacent to an activating group) is 1. The summed E-state index contributed by atoms with van der Waals surface area (Å²) >= 11 is 6.04. The Morgan fingerprint density at radius 1 is 1.28 bits per heavy atom. The number of nitriles is 1. The summed E-state index contributed by atoms with van der Waals surface area (Å²) in [6.45, 7) is 0.938. The number of carbonyl (C=O) groups excluding carboxylic acids is 1. The SMILES string of the molecule is COc1ccc(Cl)cc1C[NH+](C)CC(=O)Nc1ccc(CC#N)cc1. The van der Waals surface area contributed by atoms with Crippen molar-refractivity contribution in [2.24, 2.45) is 0 Å². The summed E-state index contributed by atoms with van der Waals surface area (Å²) in [5, 5.41) is 12.2. The third-order valence-electron chi connectivity index (χ3n) is 3.72. The molecule has 2 rings (SSSR count). The number of nitrogens with zero attached hydrogens (tertiary/aromatic N) is 1. The fourth-order valence-electron chi connectivity index (χ4n) is 2.55. The number of halogens is 1. The van der Waals surface area contributed by atoms with E-state index in [1.54, 1.807) is 25.3 Å². The van der Waals surface area contributed by atoms with Gasteiger partial charge in [0.15, 0.2) is 6.54 Å². The highest BCUT2D eigenvalue weighted by Gasteiger charge is 2.14. The van der Waals surface area contributed by atoms with E-state index in [1.807, 2.05) is 31.3 Å². The van der Waals surface area contributed by atoms with Crippen molar-refractivity contribution in [2.75, 3.05) is 26.0 Å². The van der Waals surface area contributed by atoms with Crippen LogP contribution in [0.15, 0.2) is 42.5 Å². The molecule has 0 heterocycles. The van der Waals surface area contributed by atoms with Crippen molar-refractivity contribution < 1.29 is 14.4 Å². The minimum absolute atomic E-state index is 0.0773. The van der Waals surface area contributed by atoms with Gasteiger partial charge in [-0.15, -0.1) is 0 Å². The lowest BCUT2D eigenvalue weighted by atomic mass is 10.1. The summed E-state index contributed by atoms with van der Waals surface area (Å²) in [6, 6.07) is 14.9. The second-order valence-corrected chi connectivity index (χ2v) is 6.28. The Bertz CT molecular complexity index is 769. The molecule has 1 amide bonds. The van der Waals surface area contributed by atoms with E-state index >= 15 is 0 Å². The second kappa shape index (κ2) is 9.07. The van der Waals surface area contributed by atoms with Crippen molar-refractivity contribution >= 4 is 23.2 Å². The van der Waals surface area contributed by atoms with Gasteiger partial charge in [0.1, 0.15) is 12.3 Å². The molecular weight excluding hydrogens is 338 g/mol. The molecule has 0 aliphatic rings. The molecule has 0 spiro atoms. The van der Waals surface area contributed by atoms with Crippen LogP contribution in [0.1, 0.15) is 11.1 Å². The van der Waals surface area contributed by atoms with E-state index in [9.17, 15) is 4.79 Å². The lowest BCUT2D eigenvalue weighted by Crippen LogP contribution is -3.08. The summed E-state index contributed by atoms with van der Waals surface area (Å²) in [5.41, 5.74) is 2.61. The molecule has 5 nitrogen and oxygen atoms in total. The number of amides is 1. The quantitative estimate of drug-likeness (QED) is 0.796.